The largest absolute Gasteiger partial charge is 0.461 e. The van der Waals surface area contributed by atoms with E-state index in [1.165, 1.54) is 0 Å². The van der Waals surface area contributed by atoms with E-state index in [0.717, 1.165) is 5.56 Å². The molecule has 0 spiro atoms. The first-order chi connectivity index (χ1) is 15.0. The number of benzene rings is 1. The van der Waals surface area contributed by atoms with E-state index in [1.807, 2.05) is 30.3 Å². The zero-order valence-corrected chi connectivity index (χ0v) is 18.5. The van der Waals surface area contributed by atoms with E-state index in [4.69, 9.17) is 9.47 Å². The molecular formula is C21H30N4O7. The summed E-state index contributed by atoms with van der Waals surface area (Å²) < 4.78 is 10.1. The van der Waals surface area contributed by atoms with E-state index in [9.17, 15) is 24.0 Å². The Labute approximate surface area is 186 Å². The number of amides is 4. The van der Waals surface area contributed by atoms with Crippen LogP contribution in [0.15, 0.2) is 30.3 Å². The van der Waals surface area contributed by atoms with E-state index >= 15 is 0 Å². The lowest BCUT2D eigenvalue weighted by Crippen LogP contribution is -2.45. The highest BCUT2D eigenvalue weighted by Gasteiger charge is 2.16. The number of hydrogen-bond acceptors (Lipinski definition) is 7. The lowest BCUT2D eigenvalue weighted by atomic mass is 10.2. The Morgan fingerprint density at radius 1 is 0.781 bits per heavy atom. The first-order valence-corrected chi connectivity index (χ1v) is 10.0. The quantitative estimate of drug-likeness (QED) is 0.346. The van der Waals surface area contributed by atoms with Gasteiger partial charge in [-0.3, -0.25) is 19.2 Å². The minimum Gasteiger partial charge on any atom is -0.461 e. The summed E-state index contributed by atoms with van der Waals surface area (Å²) in [4.78, 5) is 58.1. The molecule has 0 aliphatic heterocycles. The molecule has 0 aliphatic carbocycles. The zero-order chi connectivity index (χ0) is 24.0. The van der Waals surface area contributed by atoms with Crippen molar-refractivity contribution in [2.24, 2.45) is 0 Å². The summed E-state index contributed by atoms with van der Waals surface area (Å²) in [6, 6.07) is 9.20. The van der Waals surface area contributed by atoms with E-state index < -0.39 is 35.4 Å². The number of hydrogen-bond donors (Lipinski definition) is 4. The van der Waals surface area contributed by atoms with Crippen LogP contribution in [0.1, 0.15) is 32.8 Å². The van der Waals surface area contributed by atoms with Gasteiger partial charge in [-0.05, 0) is 26.3 Å². The maximum absolute atomic E-state index is 11.7. The summed E-state index contributed by atoms with van der Waals surface area (Å²) in [6.07, 6.45) is -0.759. The van der Waals surface area contributed by atoms with Crippen LogP contribution in [0.5, 0.6) is 0 Å². The Kier molecular flexibility index (Phi) is 11.2. The molecule has 0 saturated heterocycles. The van der Waals surface area contributed by atoms with Crippen molar-refractivity contribution in [1.82, 2.24) is 21.3 Å². The highest BCUT2D eigenvalue weighted by molar-refractivity contribution is 5.89. The Balaban J connectivity index is 2.09. The van der Waals surface area contributed by atoms with Gasteiger partial charge in [0.2, 0.25) is 17.7 Å². The summed E-state index contributed by atoms with van der Waals surface area (Å²) in [5.74, 6) is -2.13. The number of esters is 1. The molecule has 1 rings (SSSR count). The topological polar surface area (TPSA) is 152 Å². The molecule has 0 bridgehead atoms. The van der Waals surface area contributed by atoms with Crippen molar-refractivity contribution in [3.63, 3.8) is 0 Å². The van der Waals surface area contributed by atoms with Gasteiger partial charge in [0.15, 0.2) is 0 Å². The second kappa shape index (κ2) is 13.6. The molecule has 11 nitrogen and oxygen atoms in total. The molecular weight excluding hydrogens is 420 g/mol. The first kappa shape index (κ1) is 26.4. The van der Waals surface area contributed by atoms with Gasteiger partial charge in [0.25, 0.3) is 0 Å². The van der Waals surface area contributed by atoms with Gasteiger partial charge in [0.05, 0.1) is 19.5 Å². The standard InChI is InChI=1S/C21H30N4O7/c1-21(2,3)32-20(30)25-13-18(28)24-12-17(27)23-11-16(26)22-10-9-19(29)31-14-15-7-5-4-6-8-15/h4-8H,9-14H2,1-3H3,(H,22,26)(H,23,27)(H,24,28)(H,25,30). The minimum atomic E-state index is -0.752. The number of ether oxygens (including phenoxy) is 2. The average molecular weight is 450 g/mol. The van der Waals surface area contributed by atoms with Crippen molar-refractivity contribution >= 4 is 29.8 Å². The van der Waals surface area contributed by atoms with Crippen molar-refractivity contribution in [3.05, 3.63) is 35.9 Å². The molecule has 0 fully saturated rings. The Morgan fingerprint density at radius 3 is 1.88 bits per heavy atom. The predicted octanol–water partition coefficient (Wildman–Crippen LogP) is -0.00680. The molecule has 11 heteroatoms. The van der Waals surface area contributed by atoms with E-state index in [-0.39, 0.29) is 39.2 Å². The van der Waals surface area contributed by atoms with Crippen LogP contribution in [0.4, 0.5) is 4.79 Å². The van der Waals surface area contributed by atoms with Crippen molar-refractivity contribution in [2.45, 2.75) is 39.4 Å². The van der Waals surface area contributed by atoms with Crippen LogP contribution in [-0.4, -0.2) is 61.6 Å². The fourth-order valence-corrected chi connectivity index (χ4v) is 2.13. The van der Waals surface area contributed by atoms with Crippen molar-refractivity contribution in [3.8, 4) is 0 Å². The maximum Gasteiger partial charge on any atom is 0.408 e. The molecule has 1 aromatic rings. The molecule has 0 saturated carbocycles. The van der Waals surface area contributed by atoms with Crippen molar-refractivity contribution in [2.75, 3.05) is 26.2 Å². The predicted molar refractivity (Wildman–Crippen MR) is 114 cm³/mol. The van der Waals surface area contributed by atoms with Crippen LogP contribution in [0, 0.1) is 0 Å². The van der Waals surface area contributed by atoms with E-state index in [2.05, 4.69) is 21.3 Å². The molecule has 4 amide bonds. The molecule has 0 heterocycles. The number of rotatable bonds is 11. The van der Waals surface area contributed by atoms with Crippen molar-refractivity contribution < 1.29 is 33.4 Å². The van der Waals surface area contributed by atoms with Gasteiger partial charge in [-0.15, -0.1) is 0 Å². The summed E-state index contributed by atoms with van der Waals surface area (Å²) in [6.45, 7) is 4.24. The number of carbonyl (C=O) groups is 5. The van der Waals surface area contributed by atoms with Gasteiger partial charge in [-0.1, -0.05) is 30.3 Å². The fraction of sp³-hybridized carbons (Fsp3) is 0.476. The molecule has 32 heavy (non-hydrogen) atoms. The normalized spacial score (nSPS) is 10.5. The summed E-state index contributed by atoms with van der Waals surface area (Å²) in [5.41, 5.74) is 0.170. The lowest BCUT2D eigenvalue weighted by Gasteiger charge is -2.19. The first-order valence-electron chi connectivity index (χ1n) is 10.0. The van der Waals surface area contributed by atoms with Gasteiger partial charge in [0, 0.05) is 6.54 Å². The molecule has 0 unspecified atom stereocenters. The molecule has 0 radical (unpaired) electrons. The molecule has 0 aliphatic rings. The smallest absolute Gasteiger partial charge is 0.408 e. The van der Waals surface area contributed by atoms with Crippen LogP contribution in [0.2, 0.25) is 0 Å². The van der Waals surface area contributed by atoms with Crippen LogP contribution in [-0.2, 0) is 35.3 Å². The van der Waals surface area contributed by atoms with Crippen LogP contribution < -0.4 is 21.3 Å². The summed E-state index contributed by atoms with van der Waals surface area (Å²) in [7, 11) is 0. The van der Waals surface area contributed by atoms with E-state index in [1.54, 1.807) is 20.8 Å². The van der Waals surface area contributed by atoms with Gasteiger partial charge < -0.3 is 30.7 Å². The Bertz CT molecular complexity index is 791. The van der Waals surface area contributed by atoms with Gasteiger partial charge in [-0.25, -0.2) is 4.79 Å². The summed E-state index contributed by atoms with van der Waals surface area (Å²) in [5, 5.41) is 9.36. The zero-order valence-electron chi connectivity index (χ0n) is 18.5. The SMILES string of the molecule is CC(C)(C)OC(=O)NCC(=O)NCC(=O)NCC(=O)NCCC(=O)OCc1ccccc1. The van der Waals surface area contributed by atoms with Gasteiger partial charge in [-0.2, -0.15) is 0 Å². The molecule has 0 atom stereocenters. The second-order valence-corrected chi connectivity index (χ2v) is 7.66. The highest BCUT2D eigenvalue weighted by Crippen LogP contribution is 2.06. The van der Waals surface area contributed by atoms with Crippen LogP contribution in [0.25, 0.3) is 0 Å². The third-order valence-corrected chi connectivity index (χ3v) is 3.58. The number of nitrogens with one attached hydrogen (secondary N) is 4. The van der Waals surface area contributed by atoms with Crippen LogP contribution >= 0.6 is 0 Å². The minimum absolute atomic E-state index is 0.00672. The Morgan fingerprint density at radius 2 is 1.31 bits per heavy atom. The monoisotopic (exact) mass is 450 g/mol. The molecule has 1 aromatic carbocycles. The van der Waals surface area contributed by atoms with Gasteiger partial charge >= 0.3 is 12.1 Å². The summed E-state index contributed by atoms with van der Waals surface area (Å²) >= 11 is 0. The van der Waals surface area contributed by atoms with E-state index in [0.29, 0.717) is 0 Å². The highest BCUT2D eigenvalue weighted by atomic mass is 16.6. The Hall–Kier alpha value is -3.63. The number of alkyl carbamates (subject to hydrolysis) is 1. The van der Waals surface area contributed by atoms with Crippen molar-refractivity contribution in [1.29, 1.82) is 0 Å². The third kappa shape index (κ3) is 13.6. The maximum atomic E-state index is 11.7. The fourth-order valence-electron chi connectivity index (χ4n) is 2.13. The van der Waals surface area contributed by atoms with Gasteiger partial charge in [0.1, 0.15) is 18.8 Å². The number of carbonyl (C=O) groups excluding carboxylic acids is 5. The third-order valence-electron chi connectivity index (χ3n) is 3.58. The molecule has 4 N–H and O–H groups in total. The second-order valence-electron chi connectivity index (χ2n) is 7.66. The average Bonchev–Trinajstić information content (AvgIpc) is 2.73. The molecule has 176 valence electrons. The molecule has 0 aromatic heterocycles. The lowest BCUT2D eigenvalue weighted by molar-refractivity contribution is -0.144. The van der Waals surface area contributed by atoms with Crippen LogP contribution in [0.3, 0.4) is 0 Å².